The van der Waals surface area contributed by atoms with Crippen LogP contribution in [0.2, 0.25) is 0 Å². The maximum Gasteiger partial charge on any atom is 0.261 e. The fourth-order valence-corrected chi connectivity index (χ4v) is 2.33. The Hall–Kier alpha value is -2.00. The first kappa shape index (κ1) is 18.1. The lowest BCUT2D eigenvalue weighted by Gasteiger charge is -2.12. The number of carbonyl (C=O) groups is 1. The van der Waals surface area contributed by atoms with Gasteiger partial charge in [0.15, 0.2) is 11.5 Å². The van der Waals surface area contributed by atoms with Gasteiger partial charge >= 0.3 is 0 Å². The Kier molecular flexibility index (Phi) is 7.47. The number of halogens is 1. The third kappa shape index (κ3) is 4.78. The highest BCUT2D eigenvalue weighted by Crippen LogP contribution is 2.37. The molecule has 0 bridgehead atoms. The van der Waals surface area contributed by atoms with Crippen LogP contribution in [0.5, 0.6) is 11.5 Å². The van der Waals surface area contributed by atoms with Crippen molar-refractivity contribution in [2.45, 2.75) is 20.3 Å². The second kappa shape index (κ2) is 9.11. The largest absolute Gasteiger partial charge is 0.493 e. The molecule has 0 saturated carbocycles. The van der Waals surface area contributed by atoms with Gasteiger partial charge in [-0.1, -0.05) is 6.92 Å². The first-order valence-corrected chi connectivity index (χ1v) is 7.76. The maximum atomic E-state index is 11.9. The van der Waals surface area contributed by atoms with Crippen molar-refractivity contribution in [2.24, 2.45) is 0 Å². The zero-order valence-electron chi connectivity index (χ0n) is 12.9. The van der Waals surface area contributed by atoms with E-state index in [1.54, 1.807) is 12.1 Å². The summed E-state index contributed by atoms with van der Waals surface area (Å²) in [5, 5.41) is 11.8. The van der Waals surface area contributed by atoms with Gasteiger partial charge in [-0.25, -0.2) is 0 Å². The number of carbonyl (C=O) groups excluding carboxylic acids is 1. The number of nitriles is 1. The van der Waals surface area contributed by atoms with Crippen LogP contribution in [0.25, 0.3) is 6.08 Å². The molecule has 0 spiro atoms. The van der Waals surface area contributed by atoms with Crippen molar-refractivity contribution in [1.82, 2.24) is 5.32 Å². The first-order valence-electron chi connectivity index (χ1n) is 6.97. The SMILES string of the molecule is CCCNC(=O)/C(C#N)=C\c1cc(Br)c(OCC)c(OC)c1. The van der Waals surface area contributed by atoms with Crippen LogP contribution >= 0.6 is 15.9 Å². The summed E-state index contributed by atoms with van der Waals surface area (Å²) in [6, 6.07) is 5.42. The van der Waals surface area contributed by atoms with Crippen LogP contribution in [-0.2, 0) is 4.79 Å². The van der Waals surface area contributed by atoms with Crippen molar-refractivity contribution in [2.75, 3.05) is 20.3 Å². The molecule has 1 rings (SSSR count). The number of ether oxygens (including phenoxy) is 2. The summed E-state index contributed by atoms with van der Waals surface area (Å²) in [6.45, 7) is 4.87. The standard InChI is InChI=1S/C16H19BrN2O3/c1-4-6-19-16(20)12(10-18)7-11-8-13(17)15(22-5-2)14(9-11)21-3/h7-9H,4-6H2,1-3H3,(H,19,20)/b12-7-. The molecule has 0 unspecified atom stereocenters. The number of nitrogens with one attached hydrogen (secondary N) is 1. The lowest BCUT2D eigenvalue weighted by Crippen LogP contribution is -2.25. The highest BCUT2D eigenvalue weighted by molar-refractivity contribution is 9.10. The Bertz CT molecular complexity index is 606. The van der Waals surface area contributed by atoms with Crippen LogP contribution in [-0.4, -0.2) is 26.2 Å². The van der Waals surface area contributed by atoms with E-state index in [1.165, 1.54) is 13.2 Å². The molecule has 0 atom stereocenters. The molecule has 0 aliphatic heterocycles. The van der Waals surface area contributed by atoms with E-state index in [0.29, 0.717) is 34.7 Å². The van der Waals surface area contributed by atoms with E-state index >= 15 is 0 Å². The normalized spacial score (nSPS) is 10.8. The molecule has 0 aliphatic carbocycles. The van der Waals surface area contributed by atoms with Crippen molar-refractivity contribution >= 4 is 27.9 Å². The van der Waals surface area contributed by atoms with Crippen LogP contribution in [0, 0.1) is 11.3 Å². The number of amides is 1. The summed E-state index contributed by atoms with van der Waals surface area (Å²) < 4.78 is 11.5. The molecule has 1 aromatic carbocycles. The number of nitrogens with zero attached hydrogens (tertiary/aromatic N) is 1. The van der Waals surface area contributed by atoms with E-state index in [4.69, 9.17) is 14.7 Å². The number of benzene rings is 1. The highest BCUT2D eigenvalue weighted by Gasteiger charge is 2.13. The molecular weight excluding hydrogens is 348 g/mol. The number of hydrogen-bond acceptors (Lipinski definition) is 4. The third-order valence-corrected chi connectivity index (χ3v) is 3.34. The molecule has 22 heavy (non-hydrogen) atoms. The molecule has 0 aromatic heterocycles. The van der Waals surface area contributed by atoms with Crippen LogP contribution in [0.3, 0.4) is 0 Å². The minimum atomic E-state index is -0.381. The summed E-state index contributed by atoms with van der Waals surface area (Å²) in [7, 11) is 1.54. The molecule has 0 fully saturated rings. The van der Waals surface area contributed by atoms with Gasteiger partial charge < -0.3 is 14.8 Å². The quantitative estimate of drug-likeness (QED) is 0.593. The summed E-state index contributed by atoms with van der Waals surface area (Å²) >= 11 is 3.41. The zero-order valence-corrected chi connectivity index (χ0v) is 14.5. The van der Waals surface area contributed by atoms with Gasteiger partial charge in [0.25, 0.3) is 5.91 Å². The topological polar surface area (TPSA) is 71.4 Å². The molecule has 118 valence electrons. The van der Waals surface area contributed by atoms with Crippen LogP contribution in [0.4, 0.5) is 0 Å². The summed E-state index contributed by atoms with van der Waals surface area (Å²) in [4.78, 5) is 11.9. The summed E-state index contributed by atoms with van der Waals surface area (Å²) in [6.07, 6.45) is 2.33. The monoisotopic (exact) mass is 366 g/mol. The molecule has 0 heterocycles. The minimum absolute atomic E-state index is 0.0477. The average molecular weight is 367 g/mol. The van der Waals surface area contributed by atoms with Gasteiger partial charge in [0.2, 0.25) is 0 Å². The Morgan fingerprint density at radius 3 is 2.73 bits per heavy atom. The van der Waals surface area contributed by atoms with Crippen LogP contribution in [0.15, 0.2) is 22.2 Å². The van der Waals surface area contributed by atoms with Gasteiger partial charge in [-0.15, -0.1) is 0 Å². The summed E-state index contributed by atoms with van der Waals surface area (Å²) in [5.74, 6) is 0.748. The molecule has 1 amide bonds. The molecule has 1 N–H and O–H groups in total. The molecule has 6 heteroatoms. The van der Waals surface area contributed by atoms with Crippen molar-refractivity contribution in [3.8, 4) is 17.6 Å². The van der Waals surface area contributed by atoms with E-state index in [-0.39, 0.29) is 11.5 Å². The Morgan fingerprint density at radius 1 is 1.45 bits per heavy atom. The number of rotatable bonds is 7. The van der Waals surface area contributed by atoms with E-state index in [9.17, 15) is 4.79 Å². The number of methoxy groups -OCH3 is 1. The average Bonchev–Trinajstić information content (AvgIpc) is 2.52. The van der Waals surface area contributed by atoms with E-state index in [1.807, 2.05) is 19.9 Å². The Balaban J connectivity index is 3.15. The Labute approximate surface area is 139 Å². The highest BCUT2D eigenvalue weighted by atomic mass is 79.9. The lowest BCUT2D eigenvalue weighted by atomic mass is 10.1. The second-order valence-corrected chi connectivity index (χ2v) is 5.25. The van der Waals surface area contributed by atoms with Gasteiger partial charge in [-0.3, -0.25) is 4.79 Å². The van der Waals surface area contributed by atoms with Gasteiger partial charge in [0.05, 0.1) is 18.2 Å². The Morgan fingerprint density at radius 2 is 2.18 bits per heavy atom. The fraction of sp³-hybridized carbons (Fsp3) is 0.375. The van der Waals surface area contributed by atoms with Crippen molar-refractivity contribution in [1.29, 1.82) is 5.26 Å². The van der Waals surface area contributed by atoms with Crippen molar-refractivity contribution < 1.29 is 14.3 Å². The molecule has 0 saturated heterocycles. The smallest absolute Gasteiger partial charge is 0.261 e. The molecule has 1 aromatic rings. The third-order valence-electron chi connectivity index (χ3n) is 2.75. The van der Waals surface area contributed by atoms with Crippen molar-refractivity contribution in [3.05, 3.63) is 27.7 Å². The van der Waals surface area contributed by atoms with E-state index in [2.05, 4.69) is 21.2 Å². The predicted octanol–water partition coefficient (Wildman–Crippen LogP) is 3.29. The molecule has 5 nitrogen and oxygen atoms in total. The molecular formula is C16H19BrN2O3. The van der Waals surface area contributed by atoms with E-state index in [0.717, 1.165) is 6.42 Å². The van der Waals surface area contributed by atoms with Gasteiger partial charge in [0, 0.05) is 6.54 Å². The van der Waals surface area contributed by atoms with Gasteiger partial charge in [0.1, 0.15) is 11.6 Å². The van der Waals surface area contributed by atoms with Crippen LogP contribution in [0.1, 0.15) is 25.8 Å². The number of hydrogen-bond donors (Lipinski definition) is 1. The van der Waals surface area contributed by atoms with Gasteiger partial charge in [-0.05, 0) is 53.0 Å². The lowest BCUT2D eigenvalue weighted by molar-refractivity contribution is -0.117. The molecule has 0 radical (unpaired) electrons. The predicted molar refractivity (Wildman–Crippen MR) is 88.8 cm³/mol. The maximum absolute atomic E-state index is 11.9. The van der Waals surface area contributed by atoms with Crippen molar-refractivity contribution in [3.63, 3.8) is 0 Å². The zero-order chi connectivity index (χ0) is 16.5. The summed E-state index contributed by atoms with van der Waals surface area (Å²) in [5.41, 5.74) is 0.724. The second-order valence-electron chi connectivity index (χ2n) is 4.39. The molecule has 0 aliphatic rings. The fourth-order valence-electron chi connectivity index (χ4n) is 1.76. The minimum Gasteiger partial charge on any atom is -0.493 e. The van der Waals surface area contributed by atoms with E-state index < -0.39 is 0 Å². The van der Waals surface area contributed by atoms with Gasteiger partial charge in [-0.2, -0.15) is 5.26 Å². The van der Waals surface area contributed by atoms with Crippen LogP contribution < -0.4 is 14.8 Å². The first-order chi connectivity index (χ1) is 10.6.